The molecule has 19 heavy (non-hydrogen) atoms. The molecule has 0 atom stereocenters. The summed E-state index contributed by atoms with van der Waals surface area (Å²) in [5, 5.41) is 0. The molecule has 0 heterocycles. The maximum absolute atomic E-state index is 2.89. The zero-order chi connectivity index (χ0) is 12.7. The largest absolute Gasteiger partial charge is 0.184 e. The zero-order valence-corrected chi connectivity index (χ0v) is 13.8. The monoisotopic (exact) mass is 295 g/mol. The van der Waals surface area contributed by atoms with Gasteiger partial charge in [0.05, 0.1) is 0 Å². The van der Waals surface area contributed by atoms with Crippen LogP contribution in [-0.2, 0) is 19.5 Å². The molecule has 0 bridgehead atoms. The summed E-state index contributed by atoms with van der Waals surface area (Å²) in [5.41, 5.74) is 0. The minimum absolute atomic E-state index is 0. The average Bonchev–Trinajstić information content (AvgIpc) is 2.54. The van der Waals surface area contributed by atoms with Crippen LogP contribution in [0.1, 0.15) is 0 Å². The van der Waals surface area contributed by atoms with Crippen LogP contribution in [0.2, 0.25) is 0 Å². The van der Waals surface area contributed by atoms with E-state index in [1.807, 2.05) is 91.0 Å². The molecule has 0 aliphatic carbocycles. The van der Waals surface area contributed by atoms with Gasteiger partial charge in [-0.05, 0) is 0 Å². The van der Waals surface area contributed by atoms with Crippen molar-refractivity contribution in [3.63, 3.8) is 0 Å². The van der Waals surface area contributed by atoms with E-state index in [-0.39, 0.29) is 19.5 Å². The molecule has 0 fully saturated rings. The van der Waals surface area contributed by atoms with Crippen molar-refractivity contribution in [3.8, 4) is 0 Å². The minimum Gasteiger partial charge on any atom is -0.184 e. The first-order chi connectivity index (χ1) is 9.00. The predicted octanol–water partition coefficient (Wildman–Crippen LogP) is 4.46. The summed E-state index contributed by atoms with van der Waals surface area (Å²) in [6.45, 7) is 0. The van der Waals surface area contributed by atoms with E-state index in [9.17, 15) is 0 Å². The Morgan fingerprint density at radius 2 is 0.526 bits per heavy atom. The van der Waals surface area contributed by atoms with Crippen LogP contribution in [0, 0.1) is 18.2 Å². The summed E-state index contributed by atoms with van der Waals surface area (Å²) < 4.78 is 0. The molecule has 0 N–H and O–H groups in total. The predicted molar refractivity (Wildman–Crippen MR) is 75.8 cm³/mol. The molecule has 0 aliphatic rings. The van der Waals surface area contributed by atoms with E-state index in [4.69, 9.17) is 0 Å². The fourth-order valence-corrected chi connectivity index (χ4v) is 1.03. The second-order valence-corrected chi connectivity index (χ2v) is 3.23. The van der Waals surface area contributed by atoms with Crippen molar-refractivity contribution in [1.29, 1.82) is 0 Å². The summed E-state index contributed by atoms with van der Waals surface area (Å²) in [5.74, 6) is 0. The molecule has 0 aromatic heterocycles. The smallest absolute Gasteiger partial charge is 0 e. The molecule has 0 saturated heterocycles. The maximum atomic E-state index is 2.89. The van der Waals surface area contributed by atoms with Crippen LogP contribution in [0.5, 0.6) is 0 Å². The molecule has 0 saturated carbocycles. The van der Waals surface area contributed by atoms with Crippen LogP contribution < -0.4 is 0 Å². The molecule has 0 aliphatic heterocycles. The first-order valence-electron chi connectivity index (χ1n) is 5.73. The Labute approximate surface area is 128 Å². The second kappa shape index (κ2) is 14.3. The Hall–Kier alpha value is -1.72. The molecule has 3 aromatic carbocycles. The van der Waals surface area contributed by atoms with Gasteiger partial charge >= 0.3 is 0 Å². The van der Waals surface area contributed by atoms with Gasteiger partial charge in [0.25, 0.3) is 0 Å². The molecule has 0 amide bonds. The Morgan fingerprint density at radius 3 is 0.579 bits per heavy atom. The third-order valence-electron chi connectivity index (χ3n) is 1.82. The van der Waals surface area contributed by atoms with Gasteiger partial charge in [0.1, 0.15) is 0 Å². The second-order valence-electron chi connectivity index (χ2n) is 3.23. The van der Waals surface area contributed by atoms with Crippen LogP contribution >= 0.6 is 0 Å². The van der Waals surface area contributed by atoms with E-state index in [2.05, 4.69) is 18.2 Å². The van der Waals surface area contributed by atoms with Gasteiger partial charge in [-0.3, -0.25) is 0 Å². The maximum Gasteiger partial charge on any atom is 0 e. The molecule has 0 spiro atoms. The Morgan fingerprint density at radius 1 is 0.316 bits per heavy atom. The fraction of sp³-hybridized carbons (Fsp3) is 0. The minimum atomic E-state index is 0. The van der Waals surface area contributed by atoms with Crippen LogP contribution in [-0.4, -0.2) is 0 Å². The van der Waals surface area contributed by atoms with E-state index in [0.717, 1.165) is 0 Å². The van der Waals surface area contributed by atoms with Gasteiger partial charge in [-0.25, -0.2) is 0 Å². The van der Waals surface area contributed by atoms with Gasteiger partial charge in [-0.15, -0.1) is 0 Å². The van der Waals surface area contributed by atoms with Crippen molar-refractivity contribution >= 4 is 0 Å². The molecule has 1 heteroatoms. The Bertz CT molecular complexity index is 296. The van der Waals surface area contributed by atoms with Crippen molar-refractivity contribution in [2.75, 3.05) is 0 Å². The third-order valence-corrected chi connectivity index (χ3v) is 1.82. The van der Waals surface area contributed by atoms with E-state index in [0.29, 0.717) is 0 Å². The number of hydrogen-bond donors (Lipinski definition) is 0. The SMILES string of the molecule is [Zn].[c-]1ccccc1.[c-]1ccccc1.[c-]1ccccc1. The Balaban J connectivity index is 0.000000249. The van der Waals surface area contributed by atoms with Gasteiger partial charge in [-0.2, -0.15) is 109 Å². The van der Waals surface area contributed by atoms with Crippen molar-refractivity contribution in [2.45, 2.75) is 0 Å². The molecule has 92 valence electrons. The van der Waals surface area contributed by atoms with Gasteiger partial charge in [0.15, 0.2) is 0 Å². The Kier molecular flexibility index (Phi) is 13.0. The average molecular weight is 297 g/mol. The molecule has 0 radical (unpaired) electrons. The summed E-state index contributed by atoms with van der Waals surface area (Å²) in [6, 6.07) is 37.5. The van der Waals surface area contributed by atoms with E-state index in [1.54, 1.807) is 0 Å². The van der Waals surface area contributed by atoms with E-state index in [1.165, 1.54) is 0 Å². The summed E-state index contributed by atoms with van der Waals surface area (Å²) in [4.78, 5) is 0. The number of rotatable bonds is 0. The first kappa shape index (κ1) is 17.3. The molecule has 3 aromatic rings. The normalized spacial score (nSPS) is 7.58. The third kappa shape index (κ3) is 12.5. The standard InChI is InChI=1S/3C6H5.Zn/c3*1-2-4-6-5-3-1;/h3*1-5H;/q3*-1;. The van der Waals surface area contributed by atoms with Gasteiger partial charge in [0, 0.05) is 19.5 Å². The first-order valence-corrected chi connectivity index (χ1v) is 5.73. The molecular formula is C18H15Zn-3. The summed E-state index contributed by atoms with van der Waals surface area (Å²) >= 11 is 0. The molecule has 0 unspecified atom stereocenters. The van der Waals surface area contributed by atoms with E-state index < -0.39 is 0 Å². The van der Waals surface area contributed by atoms with Crippen molar-refractivity contribution in [2.24, 2.45) is 0 Å². The van der Waals surface area contributed by atoms with E-state index >= 15 is 0 Å². The van der Waals surface area contributed by atoms with Crippen LogP contribution in [0.4, 0.5) is 0 Å². The number of hydrogen-bond acceptors (Lipinski definition) is 0. The molecular weight excluding hydrogens is 282 g/mol. The zero-order valence-electron chi connectivity index (χ0n) is 10.9. The van der Waals surface area contributed by atoms with Crippen LogP contribution in [0.25, 0.3) is 0 Å². The topological polar surface area (TPSA) is 0 Å². The van der Waals surface area contributed by atoms with Crippen LogP contribution in [0.3, 0.4) is 0 Å². The van der Waals surface area contributed by atoms with Crippen LogP contribution in [0.15, 0.2) is 91.0 Å². The molecule has 3 rings (SSSR count). The summed E-state index contributed by atoms with van der Waals surface area (Å²) in [6.07, 6.45) is 0. The number of benzene rings is 3. The van der Waals surface area contributed by atoms with Gasteiger partial charge < -0.3 is 0 Å². The van der Waals surface area contributed by atoms with Gasteiger partial charge in [-0.1, -0.05) is 0 Å². The summed E-state index contributed by atoms with van der Waals surface area (Å²) in [7, 11) is 0. The van der Waals surface area contributed by atoms with Crippen molar-refractivity contribution < 1.29 is 19.5 Å². The fourth-order valence-electron chi connectivity index (χ4n) is 1.03. The van der Waals surface area contributed by atoms with Gasteiger partial charge in [0.2, 0.25) is 0 Å². The van der Waals surface area contributed by atoms with Crippen molar-refractivity contribution in [3.05, 3.63) is 109 Å². The molecule has 0 nitrogen and oxygen atoms in total. The quantitative estimate of drug-likeness (QED) is 0.424. The van der Waals surface area contributed by atoms with Crippen molar-refractivity contribution in [1.82, 2.24) is 0 Å².